The number of thiazole rings is 1. The highest BCUT2D eigenvalue weighted by atomic mass is 32.2. The summed E-state index contributed by atoms with van der Waals surface area (Å²) in [4.78, 5) is 31.2. The first-order chi connectivity index (χ1) is 16.0. The molecule has 1 heterocycles. The van der Waals surface area contributed by atoms with Gasteiger partial charge in [0.2, 0.25) is 0 Å². The number of anilines is 1. The van der Waals surface area contributed by atoms with Crippen LogP contribution in [0.25, 0.3) is 0 Å². The molecule has 0 saturated heterocycles. The molecular formula is C24H37N3O4S2. The predicted octanol–water partition coefficient (Wildman–Crippen LogP) is 5.86. The molecule has 4 rings (SSSR count). The third-order valence-corrected chi connectivity index (χ3v) is 9.71. The number of carboxylic acids is 1. The van der Waals surface area contributed by atoms with Crippen LogP contribution >= 0.6 is 23.1 Å². The van der Waals surface area contributed by atoms with Gasteiger partial charge in [-0.15, -0.1) is 11.8 Å². The molecule has 3 fully saturated rings. The maximum atomic E-state index is 13.8. The number of nitrogens with one attached hydrogen (secondary N) is 1. The second kappa shape index (κ2) is 11.4. The molecule has 1 aromatic rings. The van der Waals surface area contributed by atoms with Crippen molar-refractivity contribution in [1.29, 1.82) is 0 Å². The monoisotopic (exact) mass is 495 g/mol. The molecule has 2 N–H and O–H groups in total. The summed E-state index contributed by atoms with van der Waals surface area (Å²) in [6.45, 7) is 0.575. The van der Waals surface area contributed by atoms with E-state index in [9.17, 15) is 9.59 Å². The van der Waals surface area contributed by atoms with Gasteiger partial charge in [0.15, 0.2) is 5.13 Å². The van der Waals surface area contributed by atoms with E-state index in [1.54, 1.807) is 13.3 Å². The summed E-state index contributed by atoms with van der Waals surface area (Å²) in [5.41, 5.74) is -0.266. The Hall–Kier alpha value is -1.32. The molecule has 0 radical (unpaired) electrons. The molecule has 9 heteroatoms. The first kappa shape index (κ1) is 24.8. The van der Waals surface area contributed by atoms with Gasteiger partial charge in [-0.3, -0.25) is 10.1 Å². The number of amides is 2. The number of carbonyl (C=O) groups excluding carboxylic acids is 1. The maximum Gasteiger partial charge on any atom is 0.324 e. The molecule has 7 nitrogen and oxygen atoms in total. The zero-order valence-corrected chi connectivity index (χ0v) is 21.2. The zero-order valence-electron chi connectivity index (χ0n) is 19.6. The van der Waals surface area contributed by atoms with Gasteiger partial charge in [0.1, 0.15) is 0 Å². The molecule has 184 valence electrons. The molecule has 2 amide bonds. The normalized spacial score (nSPS) is 26.5. The number of nitrogens with zero attached hydrogens (tertiary/aromatic N) is 2. The molecule has 33 heavy (non-hydrogen) atoms. The zero-order chi connectivity index (χ0) is 23.3. The standard InChI is InChI=1S/C24H37N3O4S2/c1-31-16-24(12-10-18(11-13-24)17-8-9-17)27(19-6-4-2-3-5-7-19)23(30)26-22-25-14-21(33-22)32-15-20(28)29/h14,17-19H,2-13,15-16H2,1H3,(H,28,29)(H,25,26,30)/t18-,24-. The van der Waals surface area contributed by atoms with Gasteiger partial charge in [0.05, 0.1) is 28.3 Å². The summed E-state index contributed by atoms with van der Waals surface area (Å²) in [6.07, 6.45) is 15.7. The number of methoxy groups -OCH3 is 1. The van der Waals surface area contributed by atoms with Crippen LogP contribution in [0.1, 0.15) is 77.0 Å². The third-order valence-electron chi connectivity index (χ3n) is 7.62. The van der Waals surface area contributed by atoms with Crippen molar-refractivity contribution in [2.45, 2.75) is 92.8 Å². The smallest absolute Gasteiger partial charge is 0.324 e. The fraction of sp³-hybridized carbons (Fsp3) is 0.792. The Morgan fingerprint density at radius 3 is 2.42 bits per heavy atom. The number of aromatic nitrogens is 1. The number of carbonyl (C=O) groups is 2. The first-order valence-corrected chi connectivity index (χ1v) is 14.2. The molecule has 0 atom stereocenters. The van der Waals surface area contributed by atoms with Crippen LogP contribution in [0, 0.1) is 11.8 Å². The van der Waals surface area contributed by atoms with Crippen LogP contribution < -0.4 is 5.32 Å². The fourth-order valence-corrected chi connectivity index (χ4v) is 7.47. The summed E-state index contributed by atoms with van der Waals surface area (Å²) in [6, 6.07) is 0.147. The van der Waals surface area contributed by atoms with Gasteiger partial charge >= 0.3 is 12.0 Å². The molecule has 1 aromatic heterocycles. The van der Waals surface area contributed by atoms with Crippen molar-refractivity contribution in [2.75, 3.05) is 24.8 Å². The average Bonchev–Trinajstić information content (AvgIpc) is 3.58. The van der Waals surface area contributed by atoms with E-state index in [2.05, 4.69) is 15.2 Å². The van der Waals surface area contributed by atoms with E-state index >= 15 is 0 Å². The second-order valence-corrected chi connectivity index (χ2v) is 12.3. The maximum absolute atomic E-state index is 13.8. The number of rotatable bonds is 9. The van der Waals surface area contributed by atoms with Crippen molar-refractivity contribution < 1.29 is 19.4 Å². The Kier molecular flexibility index (Phi) is 8.57. The van der Waals surface area contributed by atoms with Crippen molar-refractivity contribution in [1.82, 2.24) is 9.88 Å². The van der Waals surface area contributed by atoms with Gasteiger partial charge in [0, 0.05) is 13.2 Å². The highest BCUT2D eigenvalue weighted by Gasteiger charge is 2.48. The average molecular weight is 496 g/mol. The van der Waals surface area contributed by atoms with Crippen molar-refractivity contribution in [3.8, 4) is 0 Å². The van der Waals surface area contributed by atoms with E-state index in [-0.39, 0.29) is 23.4 Å². The predicted molar refractivity (Wildman–Crippen MR) is 132 cm³/mol. The van der Waals surface area contributed by atoms with Crippen LogP contribution in [0.4, 0.5) is 9.93 Å². The molecule has 0 spiro atoms. The van der Waals surface area contributed by atoms with E-state index in [1.165, 1.54) is 61.6 Å². The lowest BCUT2D eigenvalue weighted by Gasteiger charge is -2.50. The van der Waals surface area contributed by atoms with Gasteiger partial charge in [0.25, 0.3) is 0 Å². The summed E-state index contributed by atoms with van der Waals surface area (Å²) in [7, 11) is 1.75. The minimum atomic E-state index is -0.859. The molecule has 3 aliphatic carbocycles. The van der Waals surface area contributed by atoms with E-state index in [4.69, 9.17) is 9.84 Å². The molecule has 0 aromatic carbocycles. The number of ether oxygens (including phenoxy) is 1. The number of thioether (sulfide) groups is 1. The van der Waals surface area contributed by atoms with Crippen LogP contribution in [0.2, 0.25) is 0 Å². The Labute approximate surface area is 205 Å². The van der Waals surface area contributed by atoms with Gasteiger partial charge in [-0.2, -0.15) is 0 Å². The molecule has 0 unspecified atom stereocenters. The van der Waals surface area contributed by atoms with E-state index in [1.807, 2.05) is 0 Å². The lowest BCUT2D eigenvalue weighted by molar-refractivity contribution is -0.133. The molecule has 3 aliphatic rings. The first-order valence-electron chi connectivity index (χ1n) is 12.4. The van der Waals surface area contributed by atoms with Gasteiger partial charge in [-0.05, 0) is 63.2 Å². The van der Waals surface area contributed by atoms with E-state index < -0.39 is 5.97 Å². The lowest BCUT2D eigenvalue weighted by Crippen LogP contribution is -2.61. The fourth-order valence-electron chi connectivity index (χ4n) is 5.89. The van der Waals surface area contributed by atoms with Crippen LogP contribution in [-0.2, 0) is 9.53 Å². The number of hydrogen-bond acceptors (Lipinski definition) is 6. The van der Waals surface area contributed by atoms with E-state index in [0.717, 1.165) is 54.6 Å². The Balaban J connectivity index is 1.53. The largest absolute Gasteiger partial charge is 0.481 e. The molecule has 0 bridgehead atoms. The summed E-state index contributed by atoms with van der Waals surface area (Å²) < 4.78 is 6.56. The molecule has 3 saturated carbocycles. The number of carboxylic acid groups (broad SMARTS) is 1. The van der Waals surface area contributed by atoms with Crippen molar-refractivity contribution in [3.05, 3.63) is 6.20 Å². The van der Waals surface area contributed by atoms with Gasteiger partial charge in [-0.1, -0.05) is 37.0 Å². The Bertz CT molecular complexity index is 797. The third kappa shape index (κ3) is 6.42. The van der Waals surface area contributed by atoms with Gasteiger partial charge in [-0.25, -0.2) is 9.78 Å². The van der Waals surface area contributed by atoms with Gasteiger partial charge < -0.3 is 14.7 Å². The van der Waals surface area contributed by atoms with Crippen molar-refractivity contribution >= 4 is 40.2 Å². The highest BCUT2D eigenvalue weighted by molar-refractivity contribution is 8.01. The second-order valence-electron chi connectivity index (χ2n) is 9.94. The Morgan fingerprint density at radius 1 is 1.15 bits per heavy atom. The summed E-state index contributed by atoms with van der Waals surface area (Å²) >= 11 is 2.57. The van der Waals surface area contributed by atoms with Crippen LogP contribution in [0.3, 0.4) is 0 Å². The number of urea groups is 1. The SMILES string of the molecule is COC[C@]1(N(C(=O)Nc2ncc(SCC(=O)O)s2)C2CCCCCC2)CC[C@H](C2CC2)CC1. The number of aliphatic carboxylic acids is 1. The van der Waals surface area contributed by atoms with Crippen LogP contribution in [0.15, 0.2) is 10.4 Å². The highest BCUT2D eigenvalue weighted by Crippen LogP contribution is 2.48. The van der Waals surface area contributed by atoms with E-state index in [0.29, 0.717) is 11.7 Å². The lowest BCUT2D eigenvalue weighted by atomic mass is 9.73. The molecule has 0 aliphatic heterocycles. The topological polar surface area (TPSA) is 91.8 Å². The quantitative estimate of drug-likeness (QED) is 0.329. The van der Waals surface area contributed by atoms with Crippen LogP contribution in [0.5, 0.6) is 0 Å². The van der Waals surface area contributed by atoms with Crippen molar-refractivity contribution in [2.24, 2.45) is 11.8 Å². The summed E-state index contributed by atoms with van der Waals surface area (Å²) in [5, 5.41) is 12.5. The number of hydrogen-bond donors (Lipinski definition) is 2. The minimum absolute atomic E-state index is 0.0110. The summed E-state index contributed by atoms with van der Waals surface area (Å²) in [5.74, 6) is 0.842. The van der Waals surface area contributed by atoms with Crippen molar-refractivity contribution in [3.63, 3.8) is 0 Å². The molecular weight excluding hydrogens is 458 g/mol. The Morgan fingerprint density at radius 2 is 1.82 bits per heavy atom. The van der Waals surface area contributed by atoms with Crippen LogP contribution in [-0.4, -0.2) is 58.0 Å². The minimum Gasteiger partial charge on any atom is -0.481 e.